The number of likely N-dealkylation sites (tertiary alicyclic amines) is 1. The molecule has 0 radical (unpaired) electrons. The quantitative estimate of drug-likeness (QED) is 0.890. The molecule has 0 unspecified atom stereocenters. The van der Waals surface area contributed by atoms with Gasteiger partial charge in [0, 0.05) is 29.6 Å². The molecule has 7 heteroatoms. The fraction of sp³-hybridized carbons (Fsp3) is 0.611. The van der Waals surface area contributed by atoms with Gasteiger partial charge < -0.3 is 4.52 Å². The number of aromatic nitrogens is 3. The molecule has 136 valence electrons. The minimum absolute atomic E-state index is 0.0736. The van der Waals surface area contributed by atoms with Gasteiger partial charge in [0.1, 0.15) is 0 Å². The highest BCUT2D eigenvalue weighted by Crippen LogP contribution is 2.26. The fourth-order valence-electron chi connectivity index (χ4n) is 3.16. The van der Waals surface area contributed by atoms with E-state index < -0.39 is 0 Å². The van der Waals surface area contributed by atoms with E-state index in [-0.39, 0.29) is 11.3 Å². The van der Waals surface area contributed by atoms with Crippen LogP contribution in [-0.2, 0) is 10.2 Å². The van der Waals surface area contributed by atoms with Crippen molar-refractivity contribution in [2.45, 2.75) is 51.9 Å². The maximum Gasteiger partial charge on any atom is 0.240 e. The van der Waals surface area contributed by atoms with E-state index in [4.69, 9.17) is 4.52 Å². The van der Waals surface area contributed by atoms with Gasteiger partial charge in [0.25, 0.3) is 0 Å². The fourth-order valence-corrected chi connectivity index (χ4v) is 3.16. The van der Waals surface area contributed by atoms with Crippen LogP contribution in [0.4, 0.5) is 5.88 Å². The molecule has 0 spiro atoms. The molecule has 2 aromatic heterocycles. The van der Waals surface area contributed by atoms with Crippen LogP contribution in [0.3, 0.4) is 0 Å². The summed E-state index contributed by atoms with van der Waals surface area (Å²) in [5, 5.41) is 14.2. The average Bonchev–Trinajstić information content (AvgIpc) is 3.16. The summed E-state index contributed by atoms with van der Waals surface area (Å²) in [4.78, 5) is 14.5. The predicted molar refractivity (Wildman–Crippen MR) is 95.6 cm³/mol. The van der Waals surface area contributed by atoms with Gasteiger partial charge in [0.05, 0.1) is 17.9 Å². The SMILES string of the molecule is Cc1cc([C@@H]2CCCN(CC(=O)Nc3cc(C(C)(C)C)no3)C2)n[nH]1. The molecule has 0 aliphatic carbocycles. The molecule has 3 rings (SSSR count). The number of piperidine rings is 1. The van der Waals surface area contributed by atoms with Gasteiger partial charge in [-0.15, -0.1) is 0 Å². The van der Waals surface area contributed by atoms with Gasteiger partial charge in [-0.05, 0) is 32.4 Å². The van der Waals surface area contributed by atoms with Gasteiger partial charge in [-0.2, -0.15) is 5.10 Å². The van der Waals surface area contributed by atoms with E-state index in [2.05, 4.69) is 52.4 Å². The Bertz CT molecular complexity index is 728. The molecule has 7 nitrogen and oxygen atoms in total. The van der Waals surface area contributed by atoms with Crippen LogP contribution in [0.1, 0.15) is 56.6 Å². The Morgan fingerprint density at radius 1 is 1.44 bits per heavy atom. The molecule has 1 aliphatic rings. The van der Waals surface area contributed by atoms with Gasteiger partial charge >= 0.3 is 0 Å². The molecular formula is C18H27N5O2. The molecule has 1 atom stereocenters. The van der Waals surface area contributed by atoms with Gasteiger partial charge in [-0.1, -0.05) is 25.9 Å². The Hall–Kier alpha value is -2.15. The maximum atomic E-state index is 12.3. The van der Waals surface area contributed by atoms with Crippen LogP contribution < -0.4 is 5.32 Å². The van der Waals surface area contributed by atoms with Crippen LogP contribution in [0, 0.1) is 6.92 Å². The highest BCUT2D eigenvalue weighted by molar-refractivity contribution is 5.91. The third-order valence-corrected chi connectivity index (χ3v) is 4.56. The van der Waals surface area contributed by atoms with Crippen molar-refractivity contribution >= 4 is 11.8 Å². The Labute approximate surface area is 148 Å². The summed E-state index contributed by atoms with van der Waals surface area (Å²) in [6.07, 6.45) is 2.18. The first-order valence-electron chi connectivity index (χ1n) is 8.82. The standard InChI is InChI=1S/C18H27N5O2/c1-12-8-14(21-20-12)13-6-5-7-23(10-13)11-16(24)19-17-9-15(22-25-17)18(2,3)4/h8-9,13H,5-7,10-11H2,1-4H3,(H,19,24)(H,20,21)/t13-/m1/s1. The third kappa shape index (κ3) is 4.48. The number of H-pyrrole nitrogens is 1. The van der Waals surface area contributed by atoms with E-state index >= 15 is 0 Å². The molecule has 0 saturated carbocycles. The Morgan fingerprint density at radius 2 is 2.24 bits per heavy atom. The van der Waals surface area contributed by atoms with Crippen molar-refractivity contribution in [1.82, 2.24) is 20.3 Å². The number of amides is 1. The summed E-state index contributed by atoms with van der Waals surface area (Å²) in [6, 6.07) is 3.89. The summed E-state index contributed by atoms with van der Waals surface area (Å²) in [5.41, 5.74) is 2.89. The highest BCUT2D eigenvalue weighted by atomic mass is 16.5. The maximum absolute atomic E-state index is 12.3. The van der Waals surface area contributed by atoms with Crippen molar-refractivity contribution < 1.29 is 9.32 Å². The normalized spacial score (nSPS) is 19.1. The van der Waals surface area contributed by atoms with Crippen molar-refractivity contribution in [2.24, 2.45) is 0 Å². The van der Waals surface area contributed by atoms with Crippen molar-refractivity contribution in [3.63, 3.8) is 0 Å². The Balaban J connectivity index is 1.54. The first kappa shape index (κ1) is 17.7. The average molecular weight is 345 g/mol. The summed E-state index contributed by atoms with van der Waals surface area (Å²) >= 11 is 0. The van der Waals surface area contributed by atoms with E-state index in [1.165, 1.54) is 0 Å². The lowest BCUT2D eigenvalue weighted by molar-refractivity contribution is -0.117. The second-order valence-corrected chi connectivity index (χ2v) is 7.92. The predicted octanol–water partition coefficient (Wildman–Crippen LogP) is 2.82. The van der Waals surface area contributed by atoms with Gasteiger partial charge in [-0.25, -0.2) is 0 Å². The summed E-state index contributed by atoms with van der Waals surface area (Å²) in [6.45, 7) is 10.3. The molecule has 1 fully saturated rings. The van der Waals surface area contributed by atoms with Gasteiger partial charge in [0.15, 0.2) is 0 Å². The summed E-state index contributed by atoms with van der Waals surface area (Å²) in [7, 11) is 0. The lowest BCUT2D eigenvalue weighted by Crippen LogP contribution is -2.39. The van der Waals surface area contributed by atoms with Crippen LogP contribution in [0.25, 0.3) is 0 Å². The van der Waals surface area contributed by atoms with Crippen molar-refractivity contribution in [2.75, 3.05) is 25.0 Å². The molecule has 1 aliphatic heterocycles. The van der Waals surface area contributed by atoms with E-state index in [0.717, 1.165) is 43.0 Å². The number of hydrogen-bond donors (Lipinski definition) is 2. The first-order chi connectivity index (χ1) is 11.8. The lowest BCUT2D eigenvalue weighted by atomic mass is 9.92. The van der Waals surface area contributed by atoms with Gasteiger partial charge in [0.2, 0.25) is 11.8 Å². The van der Waals surface area contributed by atoms with E-state index in [1.807, 2.05) is 6.92 Å². The number of carbonyl (C=O) groups is 1. The Kier molecular flexibility index (Phi) is 4.94. The molecule has 25 heavy (non-hydrogen) atoms. The number of nitrogens with zero attached hydrogens (tertiary/aromatic N) is 3. The number of rotatable bonds is 4. The zero-order valence-corrected chi connectivity index (χ0v) is 15.4. The van der Waals surface area contributed by atoms with Crippen LogP contribution in [0.2, 0.25) is 0 Å². The minimum Gasteiger partial charge on any atom is -0.338 e. The highest BCUT2D eigenvalue weighted by Gasteiger charge is 2.25. The van der Waals surface area contributed by atoms with Crippen LogP contribution in [0.15, 0.2) is 16.7 Å². The topological polar surface area (TPSA) is 87.1 Å². The second-order valence-electron chi connectivity index (χ2n) is 7.92. The monoisotopic (exact) mass is 345 g/mol. The van der Waals surface area contributed by atoms with E-state index in [9.17, 15) is 4.79 Å². The van der Waals surface area contributed by atoms with Crippen LogP contribution >= 0.6 is 0 Å². The summed E-state index contributed by atoms with van der Waals surface area (Å²) in [5.74, 6) is 0.714. The van der Waals surface area contributed by atoms with Crippen molar-refractivity contribution in [3.8, 4) is 0 Å². The molecule has 1 amide bonds. The third-order valence-electron chi connectivity index (χ3n) is 4.56. The molecule has 0 aromatic carbocycles. The van der Waals surface area contributed by atoms with Crippen molar-refractivity contribution in [3.05, 3.63) is 29.2 Å². The molecule has 0 bridgehead atoms. The number of anilines is 1. The number of nitrogens with one attached hydrogen (secondary N) is 2. The number of carbonyl (C=O) groups excluding carboxylic acids is 1. The van der Waals surface area contributed by atoms with Gasteiger partial charge in [-0.3, -0.25) is 20.1 Å². The largest absolute Gasteiger partial charge is 0.338 e. The molecule has 1 saturated heterocycles. The molecule has 2 N–H and O–H groups in total. The second kappa shape index (κ2) is 7.00. The Morgan fingerprint density at radius 3 is 2.88 bits per heavy atom. The zero-order valence-electron chi connectivity index (χ0n) is 15.4. The molecule has 3 heterocycles. The van der Waals surface area contributed by atoms with E-state index in [1.54, 1.807) is 6.07 Å². The number of aryl methyl sites for hydroxylation is 1. The lowest BCUT2D eigenvalue weighted by Gasteiger charge is -2.31. The minimum atomic E-state index is -0.103. The zero-order chi connectivity index (χ0) is 18.0. The summed E-state index contributed by atoms with van der Waals surface area (Å²) < 4.78 is 5.23. The van der Waals surface area contributed by atoms with Crippen LogP contribution in [0.5, 0.6) is 0 Å². The first-order valence-corrected chi connectivity index (χ1v) is 8.82. The molecule has 2 aromatic rings. The van der Waals surface area contributed by atoms with Crippen molar-refractivity contribution in [1.29, 1.82) is 0 Å². The number of aromatic amines is 1. The number of hydrogen-bond acceptors (Lipinski definition) is 5. The molecular weight excluding hydrogens is 318 g/mol. The van der Waals surface area contributed by atoms with Crippen LogP contribution in [-0.4, -0.2) is 45.8 Å². The van der Waals surface area contributed by atoms with E-state index in [0.29, 0.717) is 18.3 Å². The smallest absolute Gasteiger partial charge is 0.240 e.